The predicted molar refractivity (Wildman–Crippen MR) is 77.1 cm³/mol. The first-order valence-electron chi connectivity index (χ1n) is 7.39. The number of rotatable bonds is 4. The Hall–Kier alpha value is -1.88. The third kappa shape index (κ3) is 3.08. The second-order valence-electron chi connectivity index (χ2n) is 5.76. The lowest BCUT2D eigenvalue weighted by atomic mass is 9.89. The number of aromatic nitrogens is 2. The van der Waals surface area contributed by atoms with E-state index < -0.39 is 0 Å². The van der Waals surface area contributed by atoms with Crippen molar-refractivity contribution in [1.29, 1.82) is 0 Å². The largest absolute Gasteiger partial charge is 0.484 e. The summed E-state index contributed by atoms with van der Waals surface area (Å²) in [5.74, 6) is 2.12. The Morgan fingerprint density at radius 3 is 3.05 bits per heavy atom. The summed E-state index contributed by atoms with van der Waals surface area (Å²) in [7, 11) is 0. The number of aryl methyl sites for hydroxylation is 1. The van der Waals surface area contributed by atoms with Gasteiger partial charge in [-0.3, -0.25) is 0 Å². The van der Waals surface area contributed by atoms with Crippen molar-refractivity contribution in [3.05, 3.63) is 41.0 Å². The van der Waals surface area contributed by atoms with Gasteiger partial charge in [-0.05, 0) is 42.5 Å². The molecule has 0 radical (unpaired) electrons. The molecule has 5 nitrogen and oxygen atoms in total. The van der Waals surface area contributed by atoms with Gasteiger partial charge in [0.1, 0.15) is 5.75 Å². The first-order chi connectivity index (χ1) is 10.1. The van der Waals surface area contributed by atoms with Crippen molar-refractivity contribution < 1.29 is 14.4 Å². The van der Waals surface area contributed by atoms with Crippen molar-refractivity contribution in [1.82, 2.24) is 10.1 Å². The first-order valence-corrected chi connectivity index (χ1v) is 7.39. The van der Waals surface area contributed by atoms with E-state index in [1.54, 1.807) is 0 Å². The molecule has 5 heteroatoms. The lowest BCUT2D eigenvalue weighted by molar-refractivity contribution is 0.155. The van der Waals surface area contributed by atoms with Gasteiger partial charge in [0.05, 0.1) is 6.10 Å². The molecule has 21 heavy (non-hydrogen) atoms. The number of fused-ring (bicyclic) bond motifs is 1. The van der Waals surface area contributed by atoms with E-state index in [4.69, 9.17) is 9.26 Å². The van der Waals surface area contributed by atoms with Crippen molar-refractivity contribution in [3.8, 4) is 5.75 Å². The van der Waals surface area contributed by atoms with E-state index in [1.165, 1.54) is 5.56 Å². The smallest absolute Gasteiger partial charge is 0.264 e. The molecule has 0 spiro atoms. The Morgan fingerprint density at radius 2 is 2.29 bits per heavy atom. The summed E-state index contributed by atoms with van der Waals surface area (Å²) in [6.45, 7) is 4.27. The zero-order chi connectivity index (χ0) is 14.8. The minimum atomic E-state index is -0.381. The van der Waals surface area contributed by atoms with Crippen LogP contribution in [0, 0.1) is 0 Å². The number of hydrogen-bond donors (Lipinski definition) is 1. The van der Waals surface area contributed by atoms with Gasteiger partial charge in [-0.1, -0.05) is 25.1 Å². The summed E-state index contributed by atoms with van der Waals surface area (Å²) in [4.78, 5) is 4.28. The van der Waals surface area contributed by atoms with Crippen LogP contribution in [0.1, 0.15) is 61.6 Å². The summed E-state index contributed by atoms with van der Waals surface area (Å²) in [5.41, 5.74) is 2.19. The Balaban J connectivity index is 1.69. The third-order valence-electron chi connectivity index (χ3n) is 3.76. The Morgan fingerprint density at radius 1 is 1.43 bits per heavy atom. The second-order valence-corrected chi connectivity index (χ2v) is 5.76. The fourth-order valence-electron chi connectivity index (χ4n) is 2.55. The van der Waals surface area contributed by atoms with Crippen LogP contribution in [0.2, 0.25) is 0 Å². The summed E-state index contributed by atoms with van der Waals surface area (Å²) in [6, 6.07) is 5.87. The molecule has 1 aliphatic rings. The van der Waals surface area contributed by atoms with Crippen molar-refractivity contribution in [3.63, 3.8) is 0 Å². The van der Waals surface area contributed by atoms with Gasteiger partial charge in [0.25, 0.3) is 5.89 Å². The summed E-state index contributed by atoms with van der Waals surface area (Å²) in [6.07, 6.45) is 2.49. The molecule has 1 heterocycles. The molecule has 0 bridgehead atoms. The van der Waals surface area contributed by atoms with E-state index in [0.717, 1.165) is 30.6 Å². The molecular formula is C16H20N2O3. The molecule has 0 aliphatic heterocycles. The van der Waals surface area contributed by atoms with E-state index in [-0.39, 0.29) is 18.6 Å². The maximum absolute atomic E-state index is 10.0. The van der Waals surface area contributed by atoms with Gasteiger partial charge in [-0.15, -0.1) is 0 Å². The van der Waals surface area contributed by atoms with Gasteiger partial charge in [0.15, 0.2) is 12.4 Å². The zero-order valence-electron chi connectivity index (χ0n) is 12.4. The molecule has 2 aromatic rings. The number of aliphatic hydroxyl groups excluding tert-OH is 1. The molecule has 0 saturated carbocycles. The van der Waals surface area contributed by atoms with Crippen LogP contribution < -0.4 is 4.74 Å². The minimum Gasteiger partial charge on any atom is -0.484 e. The standard InChI is InChI=1S/C16H20N2O3/c1-10(2)16-17-15(21-18-16)9-20-12-7-6-11-4-3-5-14(19)13(11)8-12/h6-8,10,14,19H,3-5,9H2,1-2H3/t14-/m0/s1. The van der Waals surface area contributed by atoms with Crippen LogP contribution in [-0.2, 0) is 13.0 Å². The van der Waals surface area contributed by atoms with Crippen LogP contribution in [0.4, 0.5) is 0 Å². The molecule has 1 atom stereocenters. The normalized spacial score (nSPS) is 17.8. The molecule has 1 aliphatic carbocycles. The molecule has 0 fully saturated rings. The van der Waals surface area contributed by atoms with Crippen molar-refractivity contribution >= 4 is 0 Å². The van der Waals surface area contributed by atoms with Gasteiger partial charge in [-0.2, -0.15) is 4.98 Å². The Labute approximate surface area is 123 Å². The molecule has 3 rings (SSSR count). The SMILES string of the molecule is CC(C)c1noc(COc2ccc3c(c2)[C@@H](O)CCC3)n1. The molecular weight excluding hydrogens is 268 g/mol. The lowest BCUT2D eigenvalue weighted by Crippen LogP contribution is -2.09. The summed E-state index contributed by atoms with van der Waals surface area (Å²) >= 11 is 0. The summed E-state index contributed by atoms with van der Waals surface area (Å²) in [5, 5.41) is 13.9. The Bertz CT molecular complexity index is 622. The number of benzene rings is 1. The summed E-state index contributed by atoms with van der Waals surface area (Å²) < 4.78 is 10.8. The van der Waals surface area contributed by atoms with E-state index in [9.17, 15) is 5.11 Å². The first kappa shape index (κ1) is 14.1. The highest BCUT2D eigenvalue weighted by atomic mass is 16.5. The molecule has 1 N–H and O–H groups in total. The van der Waals surface area contributed by atoms with E-state index in [1.807, 2.05) is 32.0 Å². The lowest BCUT2D eigenvalue weighted by Gasteiger charge is -2.21. The van der Waals surface area contributed by atoms with Crippen molar-refractivity contribution in [2.45, 2.75) is 51.7 Å². The average molecular weight is 288 g/mol. The molecule has 0 saturated heterocycles. The topological polar surface area (TPSA) is 68.4 Å². The van der Waals surface area contributed by atoms with Crippen LogP contribution >= 0.6 is 0 Å². The molecule has 1 aromatic heterocycles. The van der Waals surface area contributed by atoms with Crippen LogP contribution in [0.25, 0.3) is 0 Å². The van der Waals surface area contributed by atoms with Crippen molar-refractivity contribution in [2.75, 3.05) is 0 Å². The van der Waals surface area contributed by atoms with E-state index in [0.29, 0.717) is 11.7 Å². The molecule has 0 unspecified atom stereocenters. The zero-order valence-corrected chi connectivity index (χ0v) is 12.4. The number of aliphatic hydroxyl groups is 1. The molecule has 1 aromatic carbocycles. The van der Waals surface area contributed by atoms with E-state index in [2.05, 4.69) is 10.1 Å². The van der Waals surface area contributed by atoms with Crippen molar-refractivity contribution in [2.24, 2.45) is 0 Å². The number of hydrogen-bond acceptors (Lipinski definition) is 5. The highest BCUT2D eigenvalue weighted by molar-refractivity contribution is 5.38. The van der Waals surface area contributed by atoms with E-state index >= 15 is 0 Å². The number of nitrogens with zero attached hydrogens (tertiary/aromatic N) is 2. The van der Waals surface area contributed by atoms with Gasteiger partial charge in [0, 0.05) is 5.92 Å². The fourth-order valence-corrected chi connectivity index (χ4v) is 2.55. The third-order valence-corrected chi connectivity index (χ3v) is 3.76. The maximum Gasteiger partial charge on any atom is 0.264 e. The molecule has 0 amide bonds. The Kier molecular flexibility index (Phi) is 3.92. The highest BCUT2D eigenvalue weighted by Gasteiger charge is 2.18. The van der Waals surface area contributed by atoms with Crippen LogP contribution in [0.5, 0.6) is 5.75 Å². The van der Waals surface area contributed by atoms with Crippen LogP contribution in [0.15, 0.2) is 22.7 Å². The average Bonchev–Trinajstić information content (AvgIpc) is 2.95. The van der Waals surface area contributed by atoms with Gasteiger partial charge < -0.3 is 14.4 Å². The quantitative estimate of drug-likeness (QED) is 0.936. The monoisotopic (exact) mass is 288 g/mol. The predicted octanol–water partition coefficient (Wildman–Crippen LogP) is 3.14. The highest BCUT2D eigenvalue weighted by Crippen LogP contribution is 2.32. The maximum atomic E-state index is 10.0. The fraction of sp³-hybridized carbons (Fsp3) is 0.500. The van der Waals surface area contributed by atoms with Crippen LogP contribution in [-0.4, -0.2) is 15.2 Å². The van der Waals surface area contributed by atoms with Gasteiger partial charge in [-0.25, -0.2) is 0 Å². The van der Waals surface area contributed by atoms with Gasteiger partial charge >= 0.3 is 0 Å². The van der Waals surface area contributed by atoms with Gasteiger partial charge in [0.2, 0.25) is 0 Å². The molecule has 112 valence electrons. The van der Waals surface area contributed by atoms with Crippen LogP contribution in [0.3, 0.4) is 0 Å². The number of ether oxygens (including phenoxy) is 1. The second kappa shape index (κ2) is 5.85. The minimum absolute atomic E-state index is 0.237.